The summed E-state index contributed by atoms with van der Waals surface area (Å²) in [5.74, 6) is 0. The lowest BCUT2D eigenvalue weighted by Crippen LogP contribution is -2.32. The van der Waals surface area contributed by atoms with Crippen molar-refractivity contribution >= 4 is 45.0 Å². The summed E-state index contributed by atoms with van der Waals surface area (Å²) >= 11 is 12.1. The second-order valence-electron chi connectivity index (χ2n) is 5.93. The SMILES string of the molecule is Cc1ccc(-n2[nH]c(=O)c3[nH]c4cc(Cl)ccc4c(=O)c3c2=O)c(Cl)c1. The molecule has 4 aromatic rings. The average Bonchev–Trinajstić information content (AvgIpc) is 2.58. The Bertz CT molecular complexity index is 1380. The zero-order valence-corrected chi connectivity index (χ0v) is 14.9. The van der Waals surface area contributed by atoms with Gasteiger partial charge in [-0.1, -0.05) is 29.3 Å². The Morgan fingerprint density at radius 3 is 2.50 bits per heavy atom. The first-order valence-electron chi connectivity index (χ1n) is 7.64. The van der Waals surface area contributed by atoms with Gasteiger partial charge < -0.3 is 4.98 Å². The van der Waals surface area contributed by atoms with Crippen LogP contribution in [0.1, 0.15) is 5.56 Å². The van der Waals surface area contributed by atoms with Crippen molar-refractivity contribution in [1.29, 1.82) is 0 Å². The normalized spacial score (nSPS) is 11.3. The molecule has 0 aliphatic heterocycles. The van der Waals surface area contributed by atoms with E-state index >= 15 is 0 Å². The molecule has 0 fully saturated rings. The molecule has 2 N–H and O–H groups in total. The number of benzene rings is 2. The Kier molecular flexibility index (Phi) is 3.75. The number of pyridine rings is 1. The highest BCUT2D eigenvalue weighted by Gasteiger charge is 2.16. The van der Waals surface area contributed by atoms with E-state index in [0.29, 0.717) is 10.5 Å². The number of hydrogen-bond acceptors (Lipinski definition) is 3. The molecule has 4 rings (SSSR count). The predicted molar refractivity (Wildman–Crippen MR) is 103 cm³/mol. The molecular weight excluding hydrogens is 377 g/mol. The number of nitrogens with zero attached hydrogens (tertiary/aromatic N) is 1. The largest absolute Gasteiger partial charge is 0.350 e. The number of hydrogen-bond donors (Lipinski definition) is 2. The number of rotatable bonds is 1. The number of aromatic nitrogens is 3. The van der Waals surface area contributed by atoms with Crippen LogP contribution in [0.5, 0.6) is 0 Å². The number of aryl methyl sites for hydroxylation is 1. The van der Waals surface area contributed by atoms with Crippen LogP contribution >= 0.6 is 23.2 Å². The maximum Gasteiger partial charge on any atom is 0.287 e. The van der Waals surface area contributed by atoms with Crippen molar-refractivity contribution in [2.24, 2.45) is 0 Å². The Labute approximate surface area is 155 Å². The number of halogens is 2. The molecule has 0 bridgehead atoms. The molecule has 2 aromatic heterocycles. The molecule has 0 amide bonds. The smallest absolute Gasteiger partial charge is 0.287 e. The first kappa shape index (κ1) is 16.6. The van der Waals surface area contributed by atoms with Gasteiger partial charge in [0.1, 0.15) is 10.9 Å². The monoisotopic (exact) mass is 387 g/mol. The van der Waals surface area contributed by atoms with Crippen LogP contribution in [-0.2, 0) is 0 Å². The minimum absolute atomic E-state index is 0.103. The number of H-pyrrole nitrogens is 2. The zero-order valence-electron chi connectivity index (χ0n) is 13.4. The molecule has 0 atom stereocenters. The van der Waals surface area contributed by atoms with Crippen LogP contribution in [0.15, 0.2) is 50.8 Å². The minimum Gasteiger partial charge on any atom is -0.350 e. The van der Waals surface area contributed by atoms with Crippen LogP contribution in [0.3, 0.4) is 0 Å². The van der Waals surface area contributed by atoms with Crippen molar-refractivity contribution in [1.82, 2.24) is 14.8 Å². The fraction of sp³-hybridized carbons (Fsp3) is 0.0556. The predicted octanol–water partition coefficient (Wildman–Crippen LogP) is 3.14. The summed E-state index contributed by atoms with van der Waals surface area (Å²) in [6.07, 6.45) is 0. The summed E-state index contributed by atoms with van der Waals surface area (Å²) in [5.41, 5.74) is -0.357. The van der Waals surface area contributed by atoms with E-state index in [1.54, 1.807) is 24.3 Å². The van der Waals surface area contributed by atoms with E-state index < -0.39 is 16.5 Å². The average molecular weight is 388 g/mol. The van der Waals surface area contributed by atoms with Gasteiger partial charge in [0.05, 0.1) is 16.2 Å². The van der Waals surface area contributed by atoms with E-state index in [9.17, 15) is 14.4 Å². The molecule has 130 valence electrons. The standard InChI is InChI=1S/C18H11Cl2N3O3/c1-8-2-5-13(11(20)6-8)23-18(26)14-15(17(25)22-23)21-12-7-9(19)3-4-10(12)16(14)24/h2-7H,1H3,(H,21,24)(H,22,25). The summed E-state index contributed by atoms with van der Waals surface area (Å²) in [6.45, 7) is 1.85. The number of nitrogens with one attached hydrogen (secondary N) is 2. The van der Waals surface area contributed by atoms with Crippen molar-refractivity contribution < 1.29 is 0 Å². The molecule has 0 saturated heterocycles. The van der Waals surface area contributed by atoms with Gasteiger partial charge in [0.25, 0.3) is 11.1 Å². The highest BCUT2D eigenvalue weighted by Crippen LogP contribution is 2.20. The quantitative estimate of drug-likeness (QED) is 0.491. The molecule has 8 heteroatoms. The van der Waals surface area contributed by atoms with Gasteiger partial charge in [-0.3, -0.25) is 19.5 Å². The Morgan fingerprint density at radius 1 is 1.00 bits per heavy atom. The molecule has 2 aromatic carbocycles. The second kappa shape index (κ2) is 5.86. The first-order valence-corrected chi connectivity index (χ1v) is 8.39. The lowest BCUT2D eigenvalue weighted by atomic mass is 10.1. The van der Waals surface area contributed by atoms with Crippen molar-refractivity contribution in [3.8, 4) is 5.69 Å². The van der Waals surface area contributed by atoms with Crippen LogP contribution < -0.4 is 16.5 Å². The molecule has 0 aliphatic rings. The van der Waals surface area contributed by atoms with E-state index in [0.717, 1.165) is 10.2 Å². The van der Waals surface area contributed by atoms with Gasteiger partial charge in [-0.15, -0.1) is 0 Å². The van der Waals surface area contributed by atoms with Crippen molar-refractivity contribution in [2.45, 2.75) is 6.92 Å². The van der Waals surface area contributed by atoms with Gasteiger partial charge in [0.2, 0.25) is 5.43 Å². The van der Waals surface area contributed by atoms with E-state index in [1.807, 2.05) is 6.92 Å². The summed E-state index contributed by atoms with van der Waals surface area (Å²) < 4.78 is 0.990. The molecular formula is C18H11Cl2N3O3. The van der Waals surface area contributed by atoms with Crippen LogP contribution in [-0.4, -0.2) is 14.8 Å². The van der Waals surface area contributed by atoms with E-state index in [1.165, 1.54) is 12.1 Å². The molecule has 26 heavy (non-hydrogen) atoms. The Balaban J connectivity index is 2.18. The third kappa shape index (κ3) is 2.46. The van der Waals surface area contributed by atoms with E-state index in [-0.39, 0.29) is 27.0 Å². The summed E-state index contributed by atoms with van der Waals surface area (Å²) in [4.78, 5) is 41.1. The van der Waals surface area contributed by atoms with Gasteiger partial charge in [0, 0.05) is 10.4 Å². The Hall–Kier alpha value is -2.83. The molecule has 0 radical (unpaired) electrons. The van der Waals surface area contributed by atoms with Gasteiger partial charge in [-0.05, 0) is 42.8 Å². The summed E-state index contributed by atoms with van der Waals surface area (Å²) in [7, 11) is 0. The van der Waals surface area contributed by atoms with Gasteiger partial charge >= 0.3 is 0 Å². The van der Waals surface area contributed by atoms with Crippen LogP contribution in [0, 0.1) is 6.92 Å². The maximum absolute atomic E-state index is 12.9. The lowest BCUT2D eigenvalue weighted by Gasteiger charge is -2.10. The third-order valence-corrected chi connectivity index (χ3v) is 4.70. The number of aromatic amines is 2. The molecule has 0 saturated carbocycles. The molecule has 0 aliphatic carbocycles. The Morgan fingerprint density at radius 2 is 1.77 bits per heavy atom. The van der Waals surface area contributed by atoms with Crippen LogP contribution in [0.2, 0.25) is 10.0 Å². The number of fused-ring (bicyclic) bond motifs is 2. The molecule has 6 nitrogen and oxygen atoms in total. The lowest BCUT2D eigenvalue weighted by molar-refractivity contribution is 0.799. The van der Waals surface area contributed by atoms with Crippen LogP contribution in [0.25, 0.3) is 27.5 Å². The maximum atomic E-state index is 12.9. The van der Waals surface area contributed by atoms with Crippen molar-refractivity contribution in [3.05, 3.63) is 82.9 Å². The zero-order chi connectivity index (χ0) is 18.6. The molecule has 0 unspecified atom stereocenters. The van der Waals surface area contributed by atoms with E-state index in [4.69, 9.17) is 23.2 Å². The van der Waals surface area contributed by atoms with E-state index in [2.05, 4.69) is 10.1 Å². The minimum atomic E-state index is -0.663. The highest BCUT2D eigenvalue weighted by atomic mass is 35.5. The van der Waals surface area contributed by atoms with Crippen molar-refractivity contribution in [2.75, 3.05) is 0 Å². The molecule has 0 spiro atoms. The van der Waals surface area contributed by atoms with Gasteiger partial charge in [-0.2, -0.15) is 0 Å². The second-order valence-corrected chi connectivity index (χ2v) is 6.77. The van der Waals surface area contributed by atoms with Crippen LogP contribution in [0.4, 0.5) is 0 Å². The van der Waals surface area contributed by atoms with Gasteiger partial charge in [-0.25, -0.2) is 4.68 Å². The highest BCUT2D eigenvalue weighted by molar-refractivity contribution is 6.32. The molecule has 2 heterocycles. The van der Waals surface area contributed by atoms with Crippen molar-refractivity contribution in [3.63, 3.8) is 0 Å². The topological polar surface area (TPSA) is 87.7 Å². The van der Waals surface area contributed by atoms with Gasteiger partial charge in [0.15, 0.2) is 0 Å². The first-order chi connectivity index (χ1) is 12.4. The third-order valence-electron chi connectivity index (χ3n) is 4.16. The fourth-order valence-corrected chi connectivity index (χ4v) is 3.41. The summed E-state index contributed by atoms with van der Waals surface area (Å²) in [6, 6.07) is 9.61. The summed E-state index contributed by atoms with van der Waals surface area (Å²) in [5, 5.41) is 3.19. The fourth-order valence-electron chi connectivity index (χ4n) is 2.92.